The molecule has 1 aromatic carbocycles. The largest absolute Gasteiger partial charge is 0.310 e. The van der Waals surface area contributed by atoms with Crippen molar-refractivity contribution in [3.05, 3.63) is 34.6 Å². The van der Waals surface area contributed by atoms with E-state index in [1.54, 1.807) is 6.07 Å². The summed E-state index contributed by atoms with van der Waals surface area (Å²) in [6.45, 7) is 3.12. The third-order valence-electron chi connectivity index (χ3n) is 5.34. The molecule has 2 aliphatic rings. The van der Waals surface area contributed by atoms with Crippen molar-refractivity contribution in [1.82, 2.24) is 10.2 Å². The number of fused-ring (bicyclic) bond motifs is 2. The van der Waals surface area contributed by atoms with Crippen molar-refractivity contribution in [3.8, 4) is 0 Å². The Hall–Kier alpha value is -0.640. The van der Waals surface area contributed by atoms with E-state index in [1.807, 2.05) is 0 Å². The maximum Gasteiger partial charge on any atom is 0.124 e. The molecule has 0 spiro atoms. The molecule has 2 nitrogen and oxygen atoms in total. The summed E-state index contributed by atoms with van der Waals surface area (Å²) in [6.07, 6.45) is 5.31. The Morgan fingerprint density at radius 3 is 2.62 bits per heavy atom. The summed E-state index contributed by atoms with van der Waals surface area (Å²) in [5.74, 6) is 0.475. The molecule has 2 heterocycles. The Balaban J connectivity index is 1.55. The number of hydrogen-bond donors (Lipinski definition) is 1. The molecule has 116 valence electrons. The number of halogens is 2. The van der Waals surface area contributed by atoms with Gasteiger partial charge in [0.25, 0.3) is 0 Å². The van der Waals surface area contributed by atoms with Crippen LogP contribution in [0, 0.1) is 11.7 Å². The van der Waals surface area contributed by atoms with Crippen molar-refractivity contribution < 1.29 is 4.39 Å². The first-order valence-electron chi connectivity index (χ1n) is 7.95. The molecule has 0 radical (unpaired) electrons. The minimum Gasteiger partial charge on any atom is -0.310 e. The van der Waals surface area contributed by atoms with Crippen LogP contribution in [-0.2, 0) is 0 Å². The first-order valence-corrected chi connectivity index (χ1v) is 8.32. The lowest BCUT2D eigenvalue weighted by Gasteiger charge is -2.36. The summed E-state index contributed by atoms with van der Waals surface area (Å²) in [5, 5.41) is 4.10. The van der Waals surface area contributed by atoms with Gasteiger partial charge in [0.2, 0.25) is 0 Å². The highest BCUT2D eigenvalue weighted by atomic mass is 35.5. The zero-order valence-corrected chi connectivity index (χ0v) is 13.5. The van der Waals surface area contributed by atoms with Gasteiger partial charge >= 0.3 is 0 Å². The predicted octanol–water partition coefficient (Wildman–Crippen LogP) is 4.00. The van der Waals surface area contributed by atoms with Crippen LogP contribution in [0.15, 0.2) is 18.2 Å². The number of nitrogens with zero attached hydrogens (tertiary/aromatic N) is 1. The molecule has 21 heavy (non-hydrogen) atoms. The van der Waals surface area contributed by atoms with E-state index in [1.165, 1.54) is 37.8 Å². The quantitative estimate of drug-likeness (QED) is 0.904. The van der Waals surface area contributed by atoms with Gasteiger partial charge in [0.15, 0.2) is 0 Å². The fraction of sp³-hybridized carbons (Fsp3) is 0.647. The van der Waals surface area contributed by atoms with Crippen LogP contribution in [-0.4, -0.2) is 30.6 Å². The summed E-state index contributed by atoms with van der Waals surface area (Å²) in [5.41, 5.74) is 0.981. The van der Waals surface area contributed by atoms with Gasteiger partial charge < -0.3 is 10.2 Å². The Bertz CT molecular complexity index is 494. The Labute approximate surface area is 131 Å². The first kappa shape index (κ1) is 15.3. The second-order valence-corrected chi connectivity index (χ2v) is 7.09. The van der Waals surface area contributed by atoms with Crippen LogP contribution in [0.3, 0.4) is 0 Å². The molecular formula is C17H24ClFN2. The van der Waals surface area contributed by atoms with Gasteiger partial charge in [0, 0.05) is 23.1 Å². The highest BCUT2D eigenvalue weighted by Gasteiger charge is 2.38. The topological polar surface area (TPSA) is 15.3 Å². The van der Waals surface area contributed by atoms with Crippen LogP contribution in [0.4, 0.5) is 4.39 Å². The van der Waals surface area contributed by atoms with Gasteiger partial charge in [-0.3, -0.25) is 0 Å². The molecule has 2 bridgehead atoms. The van der Waals surface area contributed by atoms with Crippen molar-refractivity contribution in [2.75, 3.05) is 13.6 Å². The summed E-state index contributed by atoms with van der Waals surface area (Å²) in [6, 6.07) is 6.38. The fourth-order valence-electron chi connectivity index (χ4n) is 4.00. The van der Waals surface area contributed by atoms with Crippen molar-refractivity contribution >= 4 is 11.6 Å². The molecule has 4 heteroatoms. The van der Waals surface area contributed by atoms with Gasteiger partial charge in [-0.2, -0.15) is 0 Å². The lowest BCUT2D eigenvalue weighted by molar-refractivity contribution is 0.131. The molecule has 0 aliphatic carbocycles. The van der Waals surface area contributed by atoms with Gasteiger partial charge in [0.1, 0.15) is 5.82 Å². The van der Waals surface area contributed by atoms with E-state index in [2.05, 4.69) is 24.2 Å². The Kier molecular flexibility index (Phi) is 4.53. The van der Waals surface area contributed by atoms with Gasteiger partial charge in [0.05, 0.1) is 0 Å². The van der Waals surface area contributed by atoms with Crippen LogP contribution in [0.1, 0.15) is 44.2 Å². The Morgan fingerprint density at radius 1 is 1.33 bits per heavy atom. The number of hydrogen-bond acceptors (Lipinski definition) is 2. The molecule has 1 N–H and O–H groups in total. The average molecular weight is 311 g/mol. The maximum absolute atomic E-state index is 13.1. The summed E-state index contributed by atoms with van der Waals surface area (Å²) < 4.78 is 13.1. The van der Waals surface area contributed by atoms with Crippen LogP contribution in [0.5, 0.6) is 0 Å². The third-order valence-corrected chi connectivity index (χ3v) is 5.66. The van der Waals surface area contributed by atoms with E-state index in [9.17, 15) is 4.39 Å². The van der Waals surface area contributed by atoms with Crippen molar-refractivity contribution in [1.29, 1.82) is 0 Å². The van der Waals surface area contributed by atoms with Crippen LogP contribution in [0.25, 0.3) is 0 Å². The standard InChI is InChI=1S/C17H24ClFN2/c1-11(16-6-3-13(19)9-17(16)18)20-10-12-7-14-4-5-15(8-12)21(14)2/h3,6,9,11-12,14-15,20H,4-5,7-8,10H2,1-2H3. The second kappa shape index (κ2) is 6.23. The lowest BCUT2D eigenvalue weighted by Crippen LogP contribution is -2.42. The highest BCUT2D eigenvalue weighted by Crippen LogP contribution is 2.37. The molecule has 2 saturated heterocycles. The number of rotatable bonds is 4. The second-order valence-electron chi connectivity index (χ2n) is 6.68. The Morgan fingerprint density at radius 2 is 2.00 bits per heavy atom. The van der Waals surface area contributed by atoms with Gasteiger partial charge in [-0.25, -0.2) is 4.39 Å². The molecule has 3 atom stereocenters. The highest BCUT2D eigenvalue weighted by molar-refractivity contribution is 6.31. The maximum atomic E-state index is 13.1. The summed E-state index contributed by atoms with van der Waals surface area (Å²) >= 11 is 6.13. The van der Waals surface area contributed by atoms with E-state index < -0.39 is 0 Å². The molecule has 3 rings (SSSR count). The zero-order chi connectivity index (χ0) is 15.0. The van der Waals surface area contributed by atoms with E-state index in [0.29, 0.717) is 5.02 Å². The minimum atomic E-state index is -0.275. The van der Waals surface area contributed by atoms with E-state index >= 15 is 0 Å². The summed E-state index contributed by atoms with van der Waals surface area (Å²) in [4.78, 5) is 2.57. The van der Waals surface area contributed by atoms with Crippen molar-refractivity contribution in [2.45, 2.75) is 50.7 Å². The average Bonchev–Trinajstić information content (AvgIpc) is 2.67. The molecule has 3 unspecified atom stereocenters. The SMILES string of the molecule is CC(NCC1CC2CCC(C1)N2C)c1ccc(F)cc1Cl. The number of benzene rings is 1. The third kappa shape index (κ3) is 3.25. The van der Waals surface area contributed by atoms with Crippen LogP contribution in [0.2, 0.25) is 5.02 Å². The van der Waals surface area contributed by atoms with Crippen LogP contribution < -0.4 is 5.32 Å². The first-order chi connectivity index (χ1) is 10.0. The molecule has 2 aliphatic heterocycles. The molecule has 0 aromatic heterocycles. The van der Waals surface area contributed by atoms with E-state index in [-0.39, 0.29) is 11.9 Å². The normalized spacial score (nSPS) is 30.6. The van der Waals surface area contributed by atoms with E-state index in [0.717, 1.165) is 30.1 Å². The number of nitrogens with one attached hydrogen (secondary N) is 1. The molecule has 1 aromatic rings. The van der Waals surface area contributed by atoms with Gasteiger partial charge in [-0.15, -0.1) is 0 Å². The van der Waals surface area contributed by atoms with Gasteiger partial charge in [-0.1, -0.05) is 17.7 Å². The predicted molar refractivity (Wildman–Crippen MR) is 85.1 cm³/mol. The molecule has 0 amide bonds. The number of piperidine rings is 1. The monoisotopic (exact) mass is 310 g/mol. The van der Waals surface area contributed by atoms with Crippen molar-refractivity contribution in [3.63, 3.8) is 0 Å². The molecule has 2 fully saturated rings. The van der Waals surface area contributed by atoms with Gasteiger partial charge in [-0.05, 0) is 69.8 Å². The van der Waals surface area contributed by atoms with Crippen molar-refractivity contribution in [2.24, 2.45) is 5.92 Å². The zero-order valence-electron chi connectivity index (χ0n) is 12.8. The summed E-state index contributed by atoms with van der Waals surface area (Å²) in [7, 11) is 2.27. The lowest BCUT2D eigenvalue weighted by atomic mass is 9.90. The van der Waals surface area contributed by atoms with Crippen LogP contribution >= 0.6 is 11.6 Å². The fourth-order valence-corrected chi connectivity index (χ4v) is 4.33. The molecule has 0 saturated carbocycles. The molecular weight excluding hydrogens is 287 g/mol. The van der Waals surface area contributed by atoms with E-state index in [4.69, 9.17) is 11.6 Å². The smallest absolute Gasteiger partial charge is 0.124 e. The minimum absolute atomic E-state index is 0.162.